The molecule has 1 aliphatic rings. The van der Waals surface area contributed by atoms with Crippen LogP contribution in [0.4, 0.5) is 0 Å². The Morgan fingerprint density at radius 2 is 1.94 bits per heavy atom. The lowest BCUT2D eigenvalue weighted by atomic mass is 9.73. The Kier molecular flexibility index (Phi) is 3.43. The molecule has 2 N–H and O–H groups in total. The molecule has 0 atom stereocenters. The molecule has 2 heteroatoms. The van der Waals surface area contributed by atoms with Gasteiger partial charge in [0, 0.05) is 11.1 Å². The Hall–Kier alpha value is -1.02. The number of hydrogen-bond acceptors (Lipinski definition) is 2. The van der Waals surface area contributed by atoms with E-state index in [0.29, 0.717) is 0 Å². The minimum Gasteiger partial charge on any atom is -0.496 e. The molecule has 2 nitrogen and oxygen atoms in total. The van der Waals surface area contributed by atoms with Gasteiger partial charge in [-0.25, -0.2) is 0 Å². The summed E-state index contributed by atoms with van der Waals surface area (Å²) in [5, 5.41) is 0. The molecule has 2 rings (SSSR count). The van der Waals surface area contributed by atoms with E-state index in [1.165, 1.54) is 24.0 Å². The molecule has 94 valence electrons. The highest BCUT2D eigenvalue weighted by atomic mass is 16.5. The lowest BCUT2D eigenvalue weighted by Gasteiger charge is -2.37. The summed E-state index contributed by atoms with van der Waals surface area (Å²) < 4.78 is 5.47. The second-order valence-corrected chi connectivity index (χ2v) is 5.54. The van der Waals surface area contributed by atoms with Crippen LogP contribution < -0.4 is 10.5 Å². The topological polar surface area (TPSA) is 35.2 Å². The first-order valence-electron chi connectivity index (χ1n) is 6.49. The van der Waals surface area contributed by atoms with Crippen molar-refractivity contribution in [2.24, 2.45) is 11.7 Å². The van der Waals surface area contributed by atoms with Crippen LogP contribution in [0.5, 0.6) is 5.75 Å². The van der Waals surface area contributed by atoms with Crippen LogP contribution in [-0.2, 0) is 5.54 Å². The normalized spacial score (nSPS) is 29.1. The maximum atomic E-state index is 6.61. The van der Waals surface area contributed by atoms with Crippen LogP contribution >= 0.6 is 0 Å². The Morgan fingerprint density at radius 3 is 2.53 bits per heavy atom. The Labute approximate surface area is 104 Å². The zero-order valence-corrected chi connectivity index (χ0v) is 11.1. The van der Waals surface area contributed by atoms with Gasteiger partial charge in [-0.05, 0) is 44.6 Å². The maximum absolute atomic E-state index is 6.61. The van der Waals surface area contributed by atoms with Crippen LogP contribution in [0.1, 0.15) is 43.7 Å². The van der Waals surface area contributed by atoms with Gasteiger partial charge in [0.25, 0.3) is 0 Å². The molecule has 1 aliphatic carbocycles. The highest BCUT2D eigenvalue weighted by Gasteiger charge is 2.34. The van der Waals surface area contributed by atoms with Crippen molar-refractivity contribution in [2.75, 3.05) is 7.11 Å². The summed E-state index contributed by atoms with van der Waals surface area (Å²) in [7, 11) is 1.73. The molecule has 0 spiro atoms. The minimum atomic E-state index is -0.191. The fraction of sp³-hybridized carbons (Fsp3) is 0.600. The molecule has 0 radical (unpaired) electrons. The molecule has 1 aromatic rings. The molecule has 1 saturated carbocycles. The molecular formula is C15H23NO. The van der Waals surface area contributed by atoms with Gasteiger partial charge in [0.05, 0.1) is 7.11 Å². The van der Waals surface area contributed by atoms with Crippen molar-refractivity contribution >= 4 is 0 Å². The molecule has 0 aliphatic heterocycles. The number of nitrogens with two attached hydrogens (primary N) is 1. The van der Waals surface area contributed by atoms with Crippen molar-refractivity contribution in [3.63, 3.8) is 0 Å². The van der Waals surface area contributed by atoms with Gasteiger partial charge in [0.1, 0.15) is 5.75 Å². The van der Waals surface area contributed by atoms with Crippen LogP contribution in [0.3, 0.4) is 0 Å². The van der Waals surface area contributed by atoms with E-state index in [4.69, 9.17) is 10.5 Å². The molecule has 17 heavy (non-hydrogen) atoms. The van der Waals surface area contributed by atoms with E-state index in [9.17, 15) is 0 Å². The van der Waals surface area contributed by atoms with E-state index in [1.807, 2.05) is 6.07 Å². The third-order valence-electron chi connectivity index (χ3n) is 4.06. The molecule has 0 heterocycles. The molecule has 0 amide bonds. The largest absolute Gasteiger partial charge is 0.496 e. The highest BCUT2D eigenvalue weighted by molar-refractivity contribution is 5.42. The molecule has 0 bridgehead atoms. The van der Waals surface area contributed by atoms with E-state index in [-0.39, 0.29) is 5.54 Å². The van der Waals surface area contributed by atoms with E-state index >= 15 is 0 Å². The third kappa shape index (κ3) is 2.47. The third-order valence-corrected chi connectivity index (χ3v) is 4.06. The molecule has 1 fully saturated rings. The fourth-order valence-corrected chi connectivity index (χ4v) is 2.76. The number of aryl methyl sites for hydroxylation is 1. The Morgan fingerprint density at radius 1 is 1.29 bits per heavy atom. The van der Waals surface area contributed by atoms with E-state index < -0.39 is 0 Å². The van der Waals surface area contributed by atoms with Gasteiger partial charge >= 0.3 is 0 Å². The van der Waals surface area contributed by atoms with Crippen molar-refractivity contribution in [2.45, 2.75) is 45.1 Å². The first-order chi connectivity index (χ1) is 8.05. The summed E-state index contributed by atoms with van der Waals surface area (Å²) in [6.07, 6.45) is 4.56. The Balaban J connectivity index is 2.34. The van der Waals surface area contributed by atoms with Gasteiger partial charge in [0.2, 0.25) is 0 Å². The van der Waals surface area contributed by atoms with E-state index in [1.54, 1.807) is 7.11 Å². The van der Waals surface area contributed by atoms with Gasteiger partial charge < -0.3 is 10.5 Å². The van der Waals surface area contributed by atoms with Crippen LogP contribution in [-0.4, -0.2) is 7.11 Å². The van der Waals surface area contributed by atoms with Gasteiger partial charge in [-0.15, -0.1) is 0 Å². The lowest BCUT2D eigenvalue weighted by Crippen LogP contribution is -2.40. The number of benzene rings is 1. The zero-order valence-electron chi connectivity index (χ0n) is 11.1. The molecule has 0 aromatic heterocycles. The first-order valence-corrected chi connectivity index (χ1v) is 6.49. The number of ether oxygens (including phenoxy) is 1. The predicted molar refractivity (Wildman–Crippen MR) is 71.2 cm³/mol. The predicted octanol–water partition coefficient (Wildman–Crippen LogP) is 3.37. The van der Waals surface area contributed by atoms with E-state index in [0.717, 1.165) is 24.5 Å². The summed E-state index contributed by atoms with van der Waals surface area (Å²) >= 11 is 0. The zero-order chi connectivity index (χ0) is 12.5. The van der Waals surface area contributed by atoms with Crippen molar-refractivity contribution in [1.82, 2.24) is 0 Å². The molecule has 1 aromatic carbocycles. The maximum Gasteiger partial charge on any atom is 0.123 e. The SMILES string of the molecule is COc1ccc(C)cc1C1(N)CCC(C)CC1. The van der Waals surface area contributed by atoms with Crippen molar-refractivity contribution in [3.05, 3.63) is 29.3 Å². The number of methoxy groups -OCH3 is 1. The number of rotatable bonds is 2. The standard InChI is InChI=1S/C15H23NO/c1-11-6-8-15(16,9-7-11)13-10-12(2)4-5-14(13)17-3/h4-5,10-11H,6-9,16H2,1-3H3. The van der Waals surface area contributed by atoms with Gasteiger partial charge in [0.15, 0.2) is 0 Å². The van der Waals surface area contributed by atoms with Crippen LogP contribution in [0, 0.1) is 12.8 Å². The number of hydrogen-bond donors (Lipinski definition) is 1. The first kappa shape index (κ1) is 12.4. The van der Waals surface area contributed by atoms with Crippen LogP contribution in [0.2, 0.25) is 0 Å². The Bertz CT molecular complexity index is 392. The van der Waals surface area contributed by atoms with Crippen molar-refractivity contribution < 1.29 is 4.74 Å². The second kappa shape index (κ2) is 4.69. The molecular weight excluding hydrogens is 210 g/mol. The van der Waals surface area contributed by atoms with Gasteiger partial charge in [-0.1, -0.05) is 24.6 Å². The van der Waals surface area contributed by atoms with Crippen LogP contribution in [0.15, 0.2) is 18.2 Å². The summed E-state index contributed by atoms with van der Waals surface area (Å²) in [5.74, 6) is 1.75. The van der Waals surface area contributed by atoms with Gasteiger partial charge in [-0.3, -0.25) is 0 Å². The second-order valence-electron chi connectivity index (χ2n) is 5.54. The summed E-state index contributed by atoms with van der Waals surface area (Å²) in [6.45, 7) is 4.42. The summed E-state index contributed by atoms with van der Waals surface area (Å²) in [4.78, 5) is 0. The minimum absolute atomic E-state index is 0.191. The van der Waals surface area contributed by atoms with Crippen molar-refractivity contribution in [1.29, 1.82) is 0 Å². The smallest absolute Gasteiger partial charge is 0.123 e. The highest BCUT2D eigenvalue weighted by Crippen LogP contribution is 2.41. The summed E-state index contributed by atoms with van der Waals surface area (Å²) in [6, 6.07) is 6.31. The average Bonchev–Trinajstić information content (AvgIpc) is 2.33. The van der Waals surface area contributed by atoms with E-state index in [2.05, 4.69) is 26.0 Å². The fourth-order valence-electron chi connectivity index (χ4n) is 2.76. The summed E-state index contributed by atoms with van der Waals surface area (Å²) in [5.41, 5.74) is 8.86. The lowest BCUT2D eigenvalue weighted by molar-refractivity contribution is 0.241. The molecule has 0 saturated heterocycles. The van der Waals surface area contributed by atoms with Gasteiger partial charge in [-0.2, -0.15) is 0 Å². The average molecular weight is 233 g/mol. The van der Waals surface area contributed by atoms with Crippen molar-refractivity contribution in [3.8, 4) is 5.75 Å². The molecule has 0 unspecified atom stereocenters. The quantitative estimate of drug-likeness (QED) is 0.850. The van der Waals surface area contributed by atoms with Crippen LogP contribution in [0.25, 0.3) is 0 Å². The monoisotopic (exact) mass is 233 g/mol.